The van der Waals surface area contributed by atoms with Crippen molar-refractivity contribution in [2.75, 3.05) is 51.3 Å². The molecule has 104 valence electrons. The van der Waals surface area contributed by atoms with E-state index in [1.165, 1.54) is 13.2 Å². The number of Topliss-reactive ketones (excluding diaryl/α,β-unsaturated/α-hetero) is 1. The average molecular weight is 266 g/mol. The van der Waals surface area contributed by atoms with E-state index in [0.717, 1.165) is 26.2 Å². The van der Waals surface area contributed by atoms with E-state index in [1.54, 1.807) is 12.1 Å². The zero-order valence-corrected chi connectivity index (χ0v) is 11.1. The van der Waals surface area contributed by atoms with Crippen molar-refractivity contribution in [2.45, 2.75) is 0 Å². The van der Waals surface area contributed by atoms with Gasteiger partial charge < -0.3 is 9.64 Å². The summed E-state index contributed by atoms with van der Waals surface area (Å²) in [5.41, 5.74) is 0.644. The van der Waals surface area contributed by atoms with Gasteiger partial charge in [-0.05, 0) is 12.1 Å². The fourth-order valence-electron chi connectivity index (χ4n) is 2.31. The Morgan fingerprint density at radius 1 is 1.26 bits per heavy atom. The number of benzene rings is 1. The van der Waals surface area contributed by atoms with E-state index in [9.17, 15) is 9.18 Å². The molecular formula is C14H19FN2O2. The predicted molar refractivity (Wildman–Crippen MR) is 71.9 cm³/mol. The minimum absolute atomic E-state index is 0.0850. The molecule has 1 aliphatic rings. The fourth-order valence-corrected chi connectivity index (χ4v) is 2.31. The molecule has 0 N–H and O–H groups in total. The van der Waals surface area contributed by atoms with Crippen molar-refractivity contribution in [1.29, 1.82) is 0 Å². The second kappa shape index (κ2) is 6.63. The number of ketones is 1. The van der Waals surface area contributed by atoms with Crippen LogP contribution in [0.1, 0.15) is 0 Å². The van der Waals surface area contributed by atoms with Crippen LogP contribution >= 0.6 is 0 Å². The number of hydrogen-bond acceptors (Lipinski definition) is 4. The topological polar surface area (TPSA) is 32.8 Å². The predicted octanol–water partition coefficient (Wildman–Crippen LogP) is 1.16. The van der Waals surface area contributed by atoms with Crippen LogP contribution in [0.5, 0.6) is 0 Å². The molecule has 1 heterocycles. The molecule has 4 nitrogen and oxygen atoms in total. The monoisotopic (exact) mass is 266 g/mol. The number of methoxy groups -OCH3 is 1. The van der Waals surface area contributed by atoms with Crippen molar-refractivity contribution in [1.82, 2.24) is 4.90 Å². The van der Waals surface area contributed by atoms with Crippen LogP contribution in [0.4, 0.5) is 10.1 Å². The van der Waals surface area contributed by atoms with Crippen LogP contribution in [0.3, 0.4) is 0 Å². The molecule has 19 heavy (non-hydrogen) atoms. The largest absolute Gasteiger partial charge is 0.377 e. The quantitative estimate of drug-likeness (QED) is 0.801. The second-order valence-electron chi connectivity index (χ2n) is 4.69. The highest BCUT2D eigenvalue weighted by Crippen LogP contribution is 2.19. The summed E-state index contributed by atoms with van der Waals surface area (Å²) < 4.78 is 18.5. The minimum Gasteiger partial charge on any atom is -0.377 e. The normalized spacial score (nSPS) is 16.6. The van der Waals surface area contributed by atoms with Gasteiger partial charge in [0.05, 0.1) is 12.2 Å². The Labute approximate surface area is 112 Å². The summed E-state index contributed by atoms with van der Waals surface area (Å²) in [6.07, 6.45) is 0. The minimum atomic E-state index is -0.189. The van der Waals surface area contributed by atoms with Crippen LogP contribution in [0.2, 0.25) is 0 Å². The zero-order chi connectivity index (χ0) is 13.7. The van der Waals surface area contributed by atoms with Crippen molar-refractivity contribution in [3.63, 3.8) is 0 Å². The Hall–Kier alpha value is -1.46. The van der Waals surface area contributed by atoms with E-state index in [2.05, 4.69) is 4.90 Å². The highest BCUT2D eigenvalue weighted by Gasteiger charge is 2.20. The van der Waals surface area contributed by atoms with Gasteiger partial charge in [0.25, 0.3) is 0 Å². The highest BCUT2D eigenvalue weighted by molar-refractivity contribution is 5.81. The van der Waals surface area contributed by atoms with Crippen LogP contribution < -0.4 is 4.90 Å². The summed E-state index contributed by atoms with van der Waals surface area (Å²) in [4.78, 5) is 15.6. The van der Waals surface area contributed by atoms with Crippen LogP contribution in [0, 0.1) is 5.82 Å². The van der Waals surface area contributed by atoms with Crippen molar-refractivity contribution in [3.05, 3.63) is 30.1 Å². The maximum Gasteiger partial charge on any atom is 0.172 e. The Balaban J connectivity index is 1.86. The molecule has 1 aromatic rings. The lowest BCUT2D eigenvalue weighted by atomic mass is 10.2. The van der Waals surface area contributed by atoms with Gasteiger partial charge in [-0.15, -0.1) is 0 Å². The first kappa shape index (κ1) is 14.0. The van der Waals surface area contributed by atoms with Gasteiger partial charge >= 0.3 is 0 Å². The third-order valence-corrected chi connectivity index (χ3v) is 3.27. The number of halogens is 1. The third kappa shape index (κ3) is 3.75. The number of anilines is 1. The molecule has 1 aliphatic heterocycles. The van der Waals surface area contributed by atoms with E-state index in [4.69, 9.17) is 4.74 Å². The number of para-hydroxylation sites is 1. The third-order valence-electron chi connectivity index (χ3n) is 3.27. The summed E-state index contributed by atoms with van der Waals surface area (Å²) in [5, 5.41) is 0. The maximum absolute atomic E-state index is 13.7. The van der Waals surface area contributed by atoms with Gasteiger partial charge in [0.2, 0.25) is 0 Å². The highest BCUT2D eigenvalue weighted by atomic mass is 19.1. The molecule has 0 radical (unpaired) electrons. The van der Waals surface area contributed by atoms with Crippen molar-refractivity contribution in [3.8, 4) is 0 Å². The molecule has 0 atom stereocenters. The van der Waals surface area contributed by atoms with Crippen LogP contribution in [0.15, 0.2) is 24.3 Å². The number of ether oxygens (including phenoxy) is 1. The molecule has 5 heteroatoms. The number of carbonyl (C=O) groups is 1. The molecule has 2 rings (SSSR count). The van der Waals surface area contributed by atoms with Crippen molar-refractivity contribution in [2.24, 2.45) is 0 Å². The smallest absolute Gasteiger partial charge is 0.172 e. The average Bonchev–Trinajstić information content (AvgIpc) is 2.41. The first-order valence-corrected chi connectivity index (χ1v) is 6.43. The first-order chi connectivity index (χ1) is 9.20. The van der Waals surface area contributed by atoms with Gasteiger partial charge in [0, 0.05) is 33.3 Å². The maximum atomic E-state index is 13.7. The Bertz CT molecular complexity index is 431. The molecule has 0 bridgehead atoms. The van der Waals surface area contributed by atoms with Crippen molar-refractivity contribution < 1.29 is 13.9 Å². The molecule has 0 amide bonds. The summed E-state index contributed by atoms with van der Waals surface area (Å²) in [6.45, 7) is 3.59. The summed E-state index contributed by atoms with van der Waals surface area (Å²) in [5.74, 6) is -0.103. The van der Waals surface area contributed by atoms with E-state index < -0.39 is 0 Å². The summed E-state index contributed by atoms with van der Waals surface area (Å²) >= 11 is 0. The van der Waals surface area contributed by atoms with Gasteiger partial charge in [-0.25, -0.2) is 4.39 Å². The molecule has 0 aliphatic carbocycles. The Morgan fingerprint density at radius 2 is 1.95 bits per heavy atom. The SMILES string of the molecule is COCC(=O)CN1CCN(c2ccccc2F)CC1. The van der Waals surface area contributed by atoms with Gasteiger partial charge in [0.1, 0.15) is 12.4 Å². The number of hydrogen-bond donors (Lipinski definition) is 0. The summed E-state index contributed by atoms with van der Waals surface area (Å²) in [6, 6.07) is 6.80. The lowest BCUT2D eigenvalue weighted by molar-refractivity contribution is -0.123. The molecule has 1 aromatic carbocycles. The van der Waals surface area contributed by atoms with Gasteiger partial charge in [-0.3, -0.25) is 9.69 Å². The molecule has 0 unspecified atom stereocenters. The van der Waals surface area contributed by atoms with Gasteiger partial charge in [-0.2, -0.15) is 0 Å². The molecule has 1 fully saturated rings. The van der Waals surface area contributed by atoms with Gasteiger partial charge in [0.15, 0.2) is 5.78 Å². The second-order valence-corrected chi connectivity index (χ2v) is 4.69. The van der Waals surface area contributed by atoms with E-state index in [1.807, 2.05) is 11.0 Å². The van der Waals surface area contributed by atoms with Gasteiger partial charge in [-0.1, -0.05) is 12.1 Å². The van der Waals surface area contributed by atoms with E-state index in [-0.39, 0.29) is 18.2 Å². The Morgan fingerprint density at radius 3 is 2.58 bits per heavy atom. The standard InChI is InChI=1S/C14H19FN2O2/c1-19-11-12(18)10-16-6-8-17(9-7-16)14-5-3-2-4-13(14)15/h2-5H,6-11H2,1H3. The lowest BCUT2D eigenvalue weighted by Crippen LogP contribution is -2.48. The number of nitrogens with zero attached hydrogens (tertiary/aromatic N) is 2. The first-order valence-electron chi connectivity index (χ1n) is 6.43. The number of rotatable bonds is 5. The lowest BCUT2D eigenvalue weighted by Gasteiger charge is -2.35. The van der Waals surface area contributed by atoms with Crippen molar-refractivity contribution >= 4 is 11.5 Å². The fraction of sp³-hybridized carbons (Fsp3) is 0.500. The van der Waals surface area contributed by atoms with E-state index >= 15 is 0 Å². The Kier molecular flexibility index (Phi) is 4.87. The molecule has 0 spiro atoms. The summed E-state index contributed by atoms with van der Waals surface area (Å²) in [7, 11) is 1.52. The van der Waals surface area contributed by atoms with Crippen LogP contribution in [0.25, 0.3) is 0 Å². The molecule has 0 aromatic heterocycles. The molecular weight excluding hydrogens is 247 g/mol. The van der Waals surface area contributed by atoms with Crippen LogP contribution in [-0.4, -0.2) is 57.1 Å². The number of piperazine rings is 1. The zero-order valence-electron chi connectivity index (χ0n) is 11.1. The van der Waals surface area contributed by atoms with Crippen LogP contribution in [-0.2, 0) is 9.53 Å². The number of carbonyl (C=O) groups excluding carboxylic acids is 1. The molecule has 0 saturated carbocycles. The van der Waals surface area contributed by atoms with E-state index in [0.29, 0.717) is 12.2 Å². The molecule has 1 saturated heterocycles.